The predicted octanol–water partition coefficient (Wildman–Crippen LogP) is 2.30. The molecule has 6 nitrogen and oxygen atoms in total. The Hall–Kier alpha value is -2.15. The molecule has 0 spiro atoms. The van der Waals surface area contributed by atoms with Gasteiger partial charge in [-0.15, -0.1) is 11.3 Å². The number of hydrogen-bond acceptors (Lipinski definition) is 5. The van der Waals surface area contributed by atoms with Gasteiger partial charge in [0.1, 0.15) is 12.1 Å². The lowest BCUT2D eigenvalue weighted by atomic mass is 10.2. The standard InChI is InChI=1S/C13H16N4O2S/c1-9(6-10-4-3-5-20-10)16-13(18)17-11-7-12(19-2)15-8-14-11/h3-5,7-9H,6H2,1-2H3,(H2,14,15,16,17,18). The molecule has 2 aromatic rings. The molecule has 0 aliphatic heterocycles. The first-order chi connectivity index (χ1) is 9.67. The van der Waals surface area contributed by atoms with Gasteiger partial charge in [0.15, 0.2) is 0 Å². The average molecular weight is 292 g/mol. The van der Waals surface area contributed by atoms with E-state index in [-0.39, 0.29) is 12.1 Å². The van der Waals surface area contributed by atoms with Gasteiger partial charge in [-0.05, 0) is 18.4 Å². The highest BCUT2D eigenvalue weighted by Crippen LogP contribution is 2.12. The van der Waals surface area contributed by atoms with Gasteiger partial charge >= 0.3 is 6.03 Å². The molecule has 1 unspecified atom stereocenters. The molecule has 0 aliphatic rings. The number of urea groups is 1. The minimum absolute atomic E-state index is 0.0392. The van der Waals surface area contributed by atoms with E-state index in [1.54, 1.807) is 17.4 Å². The largest absolute Gasteiger partial charge is 0.481 e. The Morgan fingerprint density at radius 2 is 2.35 bits per heavy atom. The normalized spacial score (nSPS) is 11.7. The number of thiophene rings is 1. The monoisotopic (exact) mass is 292 g/mol. The lowest BCUT2D eigenvalue weighted by molar-refractivity contribution is 0.249. The summed E-state index contributed by atoms with van der Waals surface area (Å²) in [6.07, 6.45) is 2.14. The number of anilines is 1. The van der Waals surface area contributed by atoms with Crippen molar-refractivity contribution < 1.29 is 9.53 Å². The Balaban J connectivity index is 1.85. The van der Waals surface area contributed by atoms with Crippen molar-refractivity contribution in [1.82, 2.24) is 15.3 Å². The Morgan fingerprint density at radius 3 is 3.05 bits per heavy atom. The molecule has 0 fully saturated rings. The van der Waals surface area contributed by atoms with Crippen molar-refractivity contribution in [3.8, 4) is 5.88 Å². The zero-order valence-corrected chi connectivity index (χ0v) is 12.1. The number of amides is 2. The van der Waals surface area contributed by atoms with E-state index in [9.17, 15) is 4.79 Å². The molecule has 0 radical (unpaired) electrons. The van der Waals surface area contributed by atoms with Crippen LogP contribution in [0.4, 0.5) is 10.6 Å². The smallest absolute Gasteiger partial charge is 0.320 e. The van der Waals surface area contributed by atoms with Crippen molar-refractivity contribution in [2.75, 3.05) is 12.4 Å². The minimum Gasteiger partial charge on any atom is -0.481 e. The maximum Gasteiger partial charge on any atom is 0.320 e. The third-order valence-electron chi connectivity index (χ3n) is 2.56. The van der Waals surface area contributed by atoms with Crippen LogP contribution in [-0.2, 0) is 6.42 Å². The van der Waals surface area contributed by atoms with Crippen LogP contribution in [0.25, 0.3) is 0 Å². The average Bonchev–Trinajstić information content (AvgIpc) is 2.91. The topological polar surface area (TPSA) is 76.1 Å². The van der Waals surface area contributed by atoms with E-state index in [4.69, 9.17) is 4.74 Å². The molecule has 0 bridgehead atoms. The number of carbonyl (C=O) groups is 1. The van der Waals surface area contributed by atoms with Gasteiger partial charge in [-0.2, -0.15) is 0 Å². The number of aromatic nitrogens is 2. The van der Waals surface area contributed by atoms with Gasteiger partial charge in [0.25, 0.3) is 0 Å². The summed E-state index contributed by atoms with van der Waals surface area (Å²) in [6.45, 7) is 1.96. The molecule has 0 saturated carbocycles. The van der Waals surface area contributed by atoms with E-state index in [2.05, 4.69) is 26.7 Å². The highest BCUT2D eigenvalue weighted by atomic mass is 32.1. The van der Waals surface area contributed by atoms with Crippen molar-refractivity contribution >= 4 is 23.2 Å². The van der Waals surface area contributed by atoms with Crippen LogP contribution in [-0.4, -0.2) is 29.2 Å². The first-order valence-corrected chi connectivity index (χ1v) is 7.01. The van der Waals surface area contributed by atoms with Crippen molar-refractivity contribution in [2.24, 2.45) is 0 Å². The molecular weight excluding hydrogens is 276 g/mol. The van der Waals surface area contributed by atoms with Crippen LogP contribution in [0.2, 0.25) is 0 Å². The molecule has 2 heterocycles. The number of ether oxygens (including phenoxy) is 1. The van der Waals surface area contributed by atoms with Crippen LogP contribution in [0.3, 0.4) is 0 Å². The molecule has 0 saturated heterocycles. The van der Waals surface area contributed by atoms with Gasteiger partial charge in [-0.1, -0.05) is 6.07 Å². The van der Waals surface area contributed by atoms with Gasteiger partial charge in [-0.25, -0.2) is 14.8 Å². The quantitative estimate of drug-likeness (QED) is 0.886. The van der Waals surface area contributed by atoms with Crippen LogP contribution < -0.4 is 15.4 Å². The highest BCUT2D eigenvalue weighted by Gasteiger charge is 2.09. The Labute approximate surface area is 121 Å². The second-order valence-corrected chi connectivity index (χ2v) is 5.26. The number of nitrogens with zero attached hydrogens (tertiary/aromatic N) is 2. The fourth-order valence-corrected chi connectivity index (χ4v) is 2.51. The van der Waals surface area contributed by atoms with E-state index in [1.165, 1.54) is 18.3 Å². The van der Waals surface area contributed by atoms with Gasteiger partial charge in [0.05, 0.1) is 7.11 Å². The third-order valence-corrected chi connectivity index (χ3v) is 3.46. The van der Waals surface area contributed by atoms with Crippen LogP contribution in [0, 0.1) is 0 Å². The summed E-state index contributed by atoms with van der Waals surface area (Å²) in [5.41, 5.74) is 0. The van der Waals surface area contributed by atoms with Crippen molar-refractivity contribution in [3.05, 3.63) is 34.8 Å². The summed E-state index contributed by atoms with van der Waals surface area (Å²) in [7, 11) is 1.51. The predicted molar refractivity (Wildman–Crippen MR) is 78.2 cm³/mol. The molecule has 2 rings (SSSR count). The molecular formula is C13H16N4O2S. The Morgan fingerprint density at radius 1 is 1.50 bits per heavy atom. The summed E-state index contributed by atoms with van der Waals surface area (Å²) >= 11 is 1.68. The first-order valence-electron chi connectivity index (χ1n) is 6.13. The van der Waals surface area contributed by atoms with Crippen molar-refractivity contribution in [2.45, 2.75) is 19.4 Å². The molecule has 0 aromatic carbocycles. The number of carbonyl (C=O) groups excluding carboxylic acids is 1. The maximum atomic E-state index is 11.8. The van der Waals surface area contributed by atoms with E-state index in [0.717, 1.165) is 6.42 Å². The number of rotatable bonds is 5. The summed E-state index contributed by atoms with van der Waals surface area (Å²) in [5, 5.41) is 7.53. The van der Waals surface area contributed by atoms with E-state index in [0.29, 0.717) is 11.7 Å². The third kappa shape index (κ3) is 4.20. The summed E-state index contributed by atoms with van der Waals surface area (Å²) in [6, 6.07) is 5.35. The van der Waals surface area contributed by atoms with Crippen LogP contribution >= 0.6 is 11.3 Å². The van der Waals surface area contributed by atoms with Gasteiger partial charge in [-0.3, -0.25) is 5.32 Å². The van der Waals surface area contributed by atoms with Crippen LogP contribution in [0.5, 0.6) is 5.88 Å². The molecule has 7 heteroatoms. The van der Waals surface area contributed by atoms with E-state index >= 15 is 0 Å². The van der Waals surface area contributed by atoms with Gasteiger partial charge < -0.3 is 10.1 Å². The SMILES string of the molecule is COc1cc(NC(=O)NC(C)Cc2cccs2)ncn1. The van der Waals surface area contributed by atoms with Gasteiger partial charge in [0, 0.05) is 23.4 Å². The maximum absolute atomic E-state index is 11.8. The Kier molecular flexibility index (Phi) is 4.89. The summed E-state index contributed by atoms with van der Waals surface area (Å²) < 4.78 is 4.97. The Bertz CT molecular complexity index is 559. The highest BCUT2D eigenvalue weighted by molar-refractivity contribution is 7.09. The number of hydrogen-bond donors (Lipinski definition) is 2. The molecule has 2 amide bonds. The summed E-state index contributed by atoms with van der Waals surface area (Å²) in [4.78, 5) is 20.9. The van der Waals surface area contributed by atoms with Crippen LogP contribution in [0.1, 0.15) is 11.8 Å². The molecule has 2 N–H and O–H groups in total. The fraction of sp³-hybridized carbons (Fsp3) is 0.308. The molecule has 106 valence electrons. The lowest BCUT2D eigenvalue weighted by Crippen LogP contribution is -2.37. The molecule has 1 atom stereocenters. The summed E-state index contributed by atoms with van der Waals surface area (Å²) in [5.74, 6) is 0.805. The van der Waals surface area contributed by atoms with Crippen molar-refractivity contribution in [3.63, 3.8) is 0 Å². The second kappa shape index (κ2) is 6.85. The fourth-order valence-electron chi connectivity index (χ4n) is 1.68. The molecule has 0 aliphatic carbocycles. The number of nitrogens with one attached hydrogen (secondary N) is 2. The first kappa shape index (κ1) is 14.3. The zero-order chi connectivity index (χ0) is 14.4. The molecule has 2 aromatic heterocycles. The van der Waals surface area contributed by atoms with Crippen molar-refractivity contribution in [1.29, 1.82) is 0 Å². The van der Waals surface area contributed by atoms with E-state index in [1.807, 2.05) is 18.4 Å². The minimum atomic E-state index is -0.296. The zero-order valence-electron chi connectivity index (χ0n) is 11.3. The molecule has 20 heavy (non-hydrogen) atoms. The van der Waals surface area contributed by atoms with E-state index < -0.39 is 0 Å². The van der Waals surface area contributed by atoms with Crippen LogP contribution in [0.15, 0.2) is 29.9 Å². The lowest BCUT2D eigenvalue weighted by Gasteiger charge is -2.13. The second-order valence-electron chi connectivity index (χ2n) is 4.23. The number of methoxy groups -OCH3 is 1. The van der Waals surface area contributed by atoms with Gasteiger partial charge in [0.2, 0.25) is 5.88 Å².